The van der Waals surface area contributed by atoms with Crippen LogP contribution in [0.5, 0.6) is 0 Å². The van der Waals surface area contributed by atoms with Gasteiger partial charge in [-0.3, -0.25) is 19.1 Å². The summed E-state index contributed by atoms with van der Waals surface area (Å²) >= 11 is 0. The van der Waals surface area contributed by atoms with Gasteiger partial charge in [-0.2, -0.15) is 0 Å². The summed E-state index contributed by atoms with van der Waals surface area (Å²) in [6, 6.07) is 9.58. The van der Waals surface area contributed by atoms with Gasteiger partial charge in [0.25, 0.3) is 5.91 Å². The highest BCUT2D eigenvalue weighted by Crippen LogP contribution is 2.22. The zero-order chi connectivity index (χ0) is 19.5. The van der Waals surface area contributed by atoms with E-state index in [1.165, 1.54) is 0 Å². The van der Waals surface area contributed by atoms with Crippen molar-refractivity contribution >= 4 is 11.6 Å². The summed E-state index contributed by atoms with van der Waals surface area (Å²) in [5.41, 5.74) is 2.31. The van der Waals surface area contributed by atoms with Gasteiger partial charge in [-0.25, -0.2) is 0 Å². The minimum atomic E-state index is -0.105. The Kier molecular flexibility index (Phi) is 5.31. The standard InChI is InChI=1S/C20H25N7O/c1-25-11-12-26(2)17(14-25)19-24-23-18-7-6-15(13-27(18)19)20(28)22-10-8-16-5-3-4-9-21-16/h3-7,9,13,17H,8,10-12,14H2,1-2H3,(H,22,28)/t17-/m0/s1. The van der Waals surface area contributed by atoms with Crippen molar-refractivity contribution in [3.8, 4) is 0 Å². The highest BCUT2D eigenvalue weighted by molar-refractivity contribution is 5.94. The van der Waals surface area contributed by atoms with Crippen LogP contribution in [0.2, 0.25) is 0 Å². The lowest BCUT2D eigenvalue weighted by Gasteiger charge is -2.36. The van der Waals surface area contributed by atoms with Gasteiger partial charge < -0.3 is 10.2 Å². The lowest BCUT2D eigenvalue weighted by atomic mass is 10.1. The SMILES string of the molecule is CN1CCN(C)[C@H](c2nnc3ccc(C(=O)NCCc4ccccn4)cn23)C1. The molecule has 4 heterocycles. The summed E-state index contributed by atoms with van der Waals surface area (Å²) < 4.78 is 1.94. The van der Waals surface area contributed by atoms with Gasteiger partial charge in [-0.1, -0.05) is 6.07 Å². The van der Waals surface area contributed by atoms with Crippen LogP contribution >= 0.6 is 0 Å². The molecule has 1 saturated heterocycles. The van der Waals surface area contributed by atoms with E-state index in [0.717, 1.165) is 36.8 Å². The number of carbonyl (C=O) groups is 1. The Hall–Kier alpha value is -2.84. The van der Waals surface area contributed by atoms with Gasteiger partial charge in [-0.05, 0) is 38.4 Å². The zero-order valence-corrected chi connectivity index (χ0v) is 16.2. The van der Waals surface area contributed by atoms with E-state index in [1.54, 1.807) is 12.3 Å². The average Bonchev–Trinajstić information content (AvgIpc) is 3.13. The van der Waals surface area contributed by atoms with Crippen molar-refractivity contribution in [3.05, 3.63) is 59.8 Å². The van der Waals surface area contributed by atoms with Crippen molar-refractivity contribution in [2.24, 2.45) is 0 Å². The van der Waals surface area contributed by atoms with Crippen LogP contribution in [0.4, 0.5) is 0 Å². The van der Waals surface area contributed by atoms with Crippen molar-refractivity contribution in [2.75, 3.05) is 40.3 Å². The molecule has 146 valence electrons. The molecule has 4 rings (SSSR count). The van der Waals surface area contributed by atoms with E-state index < -0.39 is 0 Å². The average molecular weight is 379 g/mol. The van der Waals surface area contributed by atoms with Gasteiger partial charge in [0.15, 0.2) is 11.5 Å². The second-order valence-electron chi connectivity index (χ2n) is 7.29. The minimum absolute atomic E-state index is 0.105. The molecule has 8 heteroatoms. The van der Waals surface area contributed by atoms with Crippen LogP contribution < -0.4 is 5.32 Å². The minimum Gasteiger partial charge on any atom is -0.352 e. The number of likely N-dealkylation sites (N-methyl/N-ethyl adjacent to an activating group) is 2. The Morgan fingerprint density at radius 2 is 2.07 bits per heavy atom. The van der Waals surface area contributed by atoms with E-state index in [-0.39, 0.29) is 11.9 Å². The van der Waals surface area contributed by atoms with Gasteiger partial charge in [0.1, 0.15) is 0 Å². The molecule has 0 saturated carbocycles. The summed E-state index contributed by atoms with van der Waals surface area (Å²) in [6.45, 7) is 3.44. The molecule has 1 N–H and O–H groups in total. The van der Waals surface area contributed by atoms with Crippen molar-refractivity contribution in [1.82, 2.24) is 34.7 Å². The summed E-state index contributed by atoms with van der Waals surface area (Å²) in [4.78, 5) is 21.5. The van der Waals surface area contributed by atoms with Crippen molar-refractivity contribution in [3.63, 3.8) is 0 Å². The molecule has 0 aliphatic carbocycles. The van der Waals surface area contributed by atoms with E-state index in [9.17, 15) is 4.79 Å². The van der Waals surface area contributed by atoms with E-state index in [4.69, 9.17) is 0 Å². The molecule has 1 fully saturated rings. The summed E-state index contributed by atoms with van der Waals surface area (Å²) in [5, 5.41) is 11.7. The summed E-state index contributed by atoms with van der Waals surface area (Å²) in [5.74, 6) is 0.763. The second kappa shape index (κ2) is 8.04. The lowest BCUT2D eigenvalue weighted by molar-refractivity contribution is 0.0953. The molecular weight excluding hydrogens is 354 g/mol. The molecular formula is C20H25N7O. The Labute approximate surface area is 164 Å². The molecule has 1 aliphatic rings. The Morgan fingerprint density at radius 1 is 1.18 bits per heavy atom. The molecule has 3 aromatic heterocycles. The highest BCUT2D eigenvalue weighted by Gasteiger charge is 2.28. The molecule has 1 aliphatic heterocycles. The number of rotatable bonds is 5. The molecule has 28 heavy (non-hydrogen) atoms. The topological polar surface area (TPSA) is 78.7 Å². The smallest absolute Gasteiger partial charge is 0.252 e. The number of aromatic nitrogens is 4. The molecule has 3 aromatic rings. The maximum Gasteiger partial charge on any atom is 0.252 e. The van der Waals surface area contributed by atoms with Gasteiger partial charge in [0.05, 0.1) is 11.6 Å². The van der Waals surface area contributed by atoms with Gasteiger partial charge in [0, 0.05) is 50.7 Å². The third kappa shape index (κ3) is 3.88. The van der Waals surface area contributed by atoms with E-state index in [0.29, 0.717) is 18.5 Å². The molecule has 0 spiro atoms. The first-order valence-electron chi connectivity index (χ1n) is 9.53. The van der Waals surface area contributed by atoms with E-state index in [2.05, 4.69) is 44.4 Å². The number of amides is 1. The first kappa shape index (κ1) is 18.5. The number of carbonyl (C=O) groups excluding carboxylic acids is 1. The molecule has 0 aromatic carbocycles. The zero-order valence-electron chi connectivity index (χ0n) is 16.2. The second-order valence-corrected chi connectivity index (χ2v) is 7.29. The maximum absolute atomic E-state index is 12.6. The van der Waals surface area contributed by atoms with E-state index in [1.807, 2.05) is 34.9 Å². The number of fused-ring (bicyclic) bond motifs is 1. The quantitative estimate of drug-likeness (QED) is 0.713. The summed E-state index contributed by atoms with van der Waals surface area (Å²) in [6.07, 6.45) is 4.30. The normalized spacial score (nSPS) is 18.4. The Morgan fingerprint density at radius 3 is 2.89 bits per heavy atom. The fraction of sp³-hybridized carbons (Fsp3) is 0.400. The number of nitrogens with one attached hydrogen (secondary N) is 1. The number of nitrogens with zero attached hydrogens (tertiary/aromatic N) is 6. The monoisotopic (exact) mass is 379 g/mol. The van der Waals surface area contributed by atoms with Crippen molar-refractivity contribution in [1.29, 1.82) is 0 Å². The lowest BCUT2D eigenvalue weighted by Crippen LogP contribution is -2.45. The van der Waals surface area contributed by atoms with Gasteiger partial charge >= 0.3 is 0 Å². The van der Waals surface area contributed by atoms with Crippen LogP contribution in [0.1, 0.15) is 27.9 Å². The van der Waals surface area contributed by atoms with Crippen LogP contribution in [0.25, 0.3) is 5.65 Å². The largest absolute Gasteiger partial charge is 0.352 e. The number of hydrogen-bond acceptors (Lipinski definition) is 6. The fourth-order valence-electron chi connectivity index (χ4n) is 3.51. The van der Waals surface area contributed by atoms with Crippen LogP contribution in [0.15, 0.2) is 42.7 Å². The third-order valence-electron chi connectivity index (χ3n) is 5.23. The predicted molar refractivity (Wildman–Crippen MR) is 106 cm³/mol. The fourth-order valence-corrected chi connectivity index (χ4v) is 3.51. The first-order chi connectivity index (χ1) is 13.6. The molecule has 0 bridgehead atoms. The van der Waals surface area contributed by atoms with Crippen LogP contribution in [-0.4, -0.2) is 75.6 Å². The molecule has 8 nitrogen and oxygen atoms in total. The predicted octanol–water partition coefficient (Wildman–Crippen LogP) is 1.02. The first-order valence-corrected chi connectivity index (χ1v) is 9.53. The van der Waals surface area contributed by atoms with Gasteiger partial charge in [-0.15, -0.1) is 10.2 Å². The third-order valence-corrected chi connectivity index (χ3v) is 5.23. The van der Waals surface area contributed by atoms with Crippen LogP contribution in [-0.2, 0) is 6.42 Å². The highest BCUT2D eigenvalue weighted by atomic mass is 16.1. The maximum atomic E-state index is 12.6. The molecule has 0 unspecified atom stereocenters. The van der Waals surface area contributed by atoms with Crippen molar-refractivity contribution < 1.29 is 4.79 Å². The van der Waals surface area contributed by atoms with Gasteiger partial charge in [0.2, 0.25) is 0 Å². The van der Waals surface area contributed by atoms with Crippen LogP contribution in [0.3, 0.4) is 0 Å². The Bertz CT molecular complexity index is 956. The number of hydrogen-bond donors (Lipinski definition) is 1. The number of piperazine rings is 1. The van der Waals surface area contributed by atoms with Crippen LogP contribution in [0, 0.1) is 0 Å². The number of pyridine rings is 2. The van der Waals surface area contributed by atoms with E-state index >= 15 is 0 Å². The molecule has 1 amide bonds. The molecule has 0 radical (unpaired) electrons. The van der Waals surface area contributed by atoms with Crippen molar-refractivity contribution in [2.45, 2.75) is 12.5 Å². The molecule has 1 atom stereocenters. The summed E-state index contributed by atoms with van der Waals surface area (Å²) in [7, 11) is 4.22. The Balaban J connectivity index is 1.49.